The lowest BCUT2D eigenvalue weighted by Crippen LogP contribution is -2.59. The first-order valence-electron chi connectivity index (χ1n) is 5.38. The lowest BCUT2D eigenvalue weighted by Gasteiger charge is -2.39. The van der Waals surface area contributed by atoms with Crippen molar-refractivity contribution >= 4 is 5.97 Å². The molecule has 1 aliphatic carbocycles. The van der Waals surface area contributed by atoms with Crippen molar-refractivity contribution in [1.82, 2.24) is 5.32 Å². The highest BCUT2D eigenvalue weighted by Crippen LogP contribution is 2.30. The maximum atomic E-state index is 11.3. The molecule has 14 heavy (non-hydrogen) atoms. The van der Waals surface area contributed by atoms with Crippen LogP contribution < -0.4 is 5.32 Å². The maximum Gasteiger partial charge on any atom is 0.323 e. The second kappa shape index (κ2) is 3.89. The van der Waals surface area contributed by atoms with Crippen LogP contribution in [0.1, 0.15) is 52.9 Å². The van der Waals surface area contributed by atoms with Gasteiger partial charge in [0.1, 0.15) is 5.54 Å². The molecule has 0 aromatic heterocycles. The van der Waals surface area contributed by atoms with E-state index in [1.807, 2.05) is 20.8 Å². The van der Waals surface area contributed by atoms with Gasteiger partial charge in [-0.1, -0.05) is 19.3 Å². The zero-order valence-electron chi connectivity index (χ0n) is 9.39. The molecule has 0 aromatic carbocycles. The lowest BCUT2D eigenvalue weighted by molar-refractivity contribution is -0.147. The molecule has 0 aromatic rings. The molecule has 1 saturated carbocycles. The van der Waals surface area contributed by atoms with Crippen molar-refractivity contribution in [2.75, 3.05) is 0 Å². The third-order valence-electron chi connectivity index (χ3n) is 2.73. The van der Waals surface area contributed by atoms with E-state index in [1.54, 1.807) is 0 Å². The molecule has 0 unspecified atom stereocenters. The van der Waals surface area contributed by atoms with Gasteiger partial charge in [0.15, 0.2) is 0 Å². The van der Waals surface area contributed by atoms with Gasteiger partial charge in [0.2, 0.25) is 0 Å². The molecule has 82 valence electrons. The van der Waals surface area contributed by atoms with Gasteiger partial charge in [-0.2, -0.15) is 0 Å². The molecule has 0 spiro atoms. The molecule has 0 saturated heterocycles. The molecule has 2 N–H and O–H groups in total. The number of carboxylic acids is 1. The molecule has 0 heterocycles. The summed E-state index contributed by atoms with van der Waals surface area (Å²) in [6.07, 6.45) is 4.74. The van der Waals surface area contributed by atoms with Gasteiger partial charge in [0, 0.05) is 5.54 Å². The standard InChI is InChI=1S/C11H21NO2/c1-10(2,3)12-11(9(13)14)7-5-4-6-8-11/h12H,4-8H2,1-3H3,(H,13,14). The average Bonchev–Trinajstić information content (AvgIpc) is 2.02. The first-order valence-corrected chi connectivity index (χ1v) is 5.38. The molecule has 3 nitrogen and oxygen atoms in total. The van der Waals surface area contributed by atoms with E-state index in [-0.39, 0.29) is 5.54 Å². The minimum absolute atomic E-state index is 0.129. The number of rotatable bonds is 2. The minimum Gasteiger partial charge on any atom is -0.480 e. The number of hydrogen-bond donors (Lipinski definition) is 2. The second-order valence-corrected chi connectivity index (χ2v) is 5.32. The van der Waals surface area contributed by atoms with E-state index in [2.05, 4.69) is 5.32 Å². The largest absolute Gasteiger partial charge is 0.480 e. The zero-order chi connectivity index (χ0) is 10.8. The maximum absolute atomic E-state index is 11.3. The van der Waals surface area contributed by atoms with E-state index < -0.39 is 11.5 Å². The first kappa shape index (κ1) is 11.5. The summed E-state index contributed by atoms with van der Waals surface area (Å²) in [5.41, 5.74) is -0.799. The van der Waals surface area contributed by atoms with Crippen LogP contribution in [0.25, 0.3) is 0 Å². The van der Waals surface area contributed by atoms with Gasteiger partial charge < -0.3 is 5.11 Å². The van der Waals surface area contributed by atoms with Gasteiger partial charge in [-0.15, -0.1) is 0 Å². The summed E-state index contributed by atoms with van der Waals surface area (Å²) in [4.78, 5) is 11.3. The normalized spacial score (nSPS) is 21.9. The third-order valence-corrected chi connectivity index (χ3v) is 2.73. The van der Waals surface area contributed by atoms with Gasteiger partial charge in [0.05, 0.1) is 0 Å². The smallest absolute Gasteiger partial charge is 0.323 e. The van der Waals surface area contributed by atoms with Crippen LogP contribution in [0.15, 0.2) is 0 Å². The van der Waals surface area contributed by atoms with Gasteiger partial charge >= 0.3 is 5.97 Å². The zero-order valence-corrected chi connectivity index (χ0v) is 9.39. The highest BCUT2D eigenvalue weighted by molar-refractivity contribution is 5.79. The van der Waals surface area contributed by atoms with Crippen molar-refractivity contribution in [2.24, 2.45) is 0 Å². The molecule has 0 atom stereocenters. The van der Waals surface area contributed by atoms with Gasteiger partial charge in [0.25, 0.3) is 0 Å². The van der Waals surface area contributed by atoms with Gasteiger partial charge in [-0.25, -0.2) is 0 Å². The third kappa shape index (κ3) is 2.71. The van der Waals surface area contributed by atoms with E-state index in [1.165, 1.54) is 6.42 Å². The quantitative estimate of drug-likeness (QED) is 0.716. The summed E-state index contributed by atoms with van der Waals surface area (Å²) in [7, 11) is 0. The summed E-state index contributed by atoms with van der Waals surface area (Å²) >= 11 is 0. The van der Waals surface area contributed by atoms with Crippen molar-refractivity contribution in [3.8, 4) is 0 Å². The van der Waals surface area contributed by atoms with Gasteiger partial charge in [-0.3, -0.25) is 10.1 Å². The number of hydrogen-bond acceptors (Lipinski definition) is 2. The Morgan fingerprint density at radius 2 is 1.71 bits per heavy atom. The Hall–Kier alpha value is -0.570. The van der Waals surface area contributed by atoms with Crippen LogP contribution >= 0.6 is 0 Å². The highest BCUT2D eigenvalue weighted by atomic mass is 16.4. The fourth-order valence-electron chi connectivity index (χ4n) is 2.27. The van der Waals surface area contributed by atoms with E-state index in [0.29, 0.717) is 0 Å². The van der Waals surface area contributed by atoms with Crippen molar-refractivity contribution < 1.29 is 9.90 Å². The fourth-order valence-corrected chi connectivity index (χ4v) is 2.27. The van der Waals surface area contributed by atoms with Crippen LogP contribution in [0, 0.1) is 0 Å². The number of carbonyl (C=O) groups is 1. The molecule has 0 bridgehead atoms. The van der Waals surface area contributed by atoms with E-state index in [4.69, 9.17) is 0 Å². The summed E-state index contributed by atoms with van der Waals surface area (Å²) < 4.78 is 0. The number of aliphatic carboxylic acids is 1. The molecular weight excluding hydrogens is 178 g/mol. The van der Waals surface area contributed by atoms with Gasteiger partial charge in [-0.05, 0) is 33.6 Å². The van der Waals surface area contributed by atoms with E-state index in [9.17, 15) is 9.90 Å². The first-order chi connectivity index (χ1) is 6.36. The Bertz CT molecular complexity index is 212. The summed E-state index contributed by atoms with van der Waals surface area (Å²) in [6.45, 7) is 6.06. The Balaban J connectivity index is 2.76. The molecule has 1 fully saturated rings. The number of carboxylic acid groups (broad SMARTS) is 1. The molecule has 3 heteroatoms. The van der Waals surface area contributed by atoms with Crippen LogP contribution in [0.2, 0.25) is 0 Å². The van der Waals surface area contributed by atoms with Crippen molar-refractivity contribution in [3.05, 3.63) is 0 Å². The molecule has 0 amide bonds. The lowest BCUT2D eigenvalue weighted by atomic mass is 9.80. The second-order valence-electron chi connectivity index (χ2n) is 5.32. The summed E-state index contributed by atoms with van der Waals surface area (Å²) in [5, 5.41) is 12.6. The Labute approximate surface area is 85.9 Å². The minimum atomic E-state index is -0.688. The van der Waals surface area contributed by atoms with Crippen LogP contribution in [-0.4, -0.2) is 22.2 Å². The predicted octanol–water partition coefficient (Wildman–Crippen LogP) is 2.16. The van der Waals surface area contributed by atoms with Crippen molar-refractivity contribution in [1.29, 1.82) is 0 Å². The topological polar surface area (TPSA) is 49.3 Å². The Morgan fingerprint density at radius 1 is 1.21 bits per heavy atom. The summed E-state index contributed by atoms with van der Waals surface area (Å²) in [5.74, 6) is -0.688. The fraction of sp³-hybridized carbons (Fsp3) is 0.909. The molecule has 0 radical (unpaired) electrons. The predicted molar refractivity (Wildman–Crippen MR) is 56.3 cm³/mol. The molecule has 0 aliphatic heterocycles. The SMILES string of the molecule is CC(C)(C)NC1(C(=O)O)CCCCC1. The monoisotopic (exact) mass is 199 g/mol. The van der Waals surface area contributed by atoms with Crippen molar-refractivity contribution in [3.63, 3.8) is 0 Å². The highest BCUT2D eigenvalue weighted by Gasteiger charge is 2.41. The van der Waals surface area contributed by atoms with E-state index >= 15 is 0 Å². The Morgan fingerprint density at radius 3 is 2.07 bits per heavy atom. The average molecular weight is 199 g/mol. The van der Waals surface area contributed by atoms with Crippen LogP contribution in [-0.2, 0) is 4.79 Å². The van der Waals surface area contributed by atoms with E-state index in [0.717, 1.165) is 25.7 Å². The van der Waals surface area contributed by atoms with Crippen LogP contribution in [0.4, 0.5) is 0 Å². The molecule has 1 aliphatic rings. The number of nitrogens with one attached hydrogen (secondary N) is 1. The Kier molecular flexibility index (Phi) is 3.20. The summed E-state index contributed by atoms with van der Waals surface area (Å²) in [6, 6.07) is 0. The molecule has 1 rings (SSSR count). The molecular formula is C11H21NO2. The van der Waals surface area contributed by atoms with Crippen LogP contribution in [0.5, 0.6) is 0 Å². The van der Waals surface area contributed by atoms with Crippen molar-refractivity contribution in [2.45, 2.75) is 64.0 Å². The van der Waals surface area contributed by atoms with Crippen LogP contribution in [0.3, 0.4) is 0 Å².